The van der Waals surface area contributed by atoms with Crippen molar-refractivity contribution in [2.45, 2.75) is 11.5 Å². The summed E-state index contributed by atoms with van der Waals surface area (Å²) < 4.78 is 6.19. The summed E-state index contributed by atoms with van der Waals surface area (Å²) in [6.07, 6.45) is 0. The van der Waals surface area contributed by atoms with E-state index in [4.69, 9.17) is 4.74 Å². The Morgan fingerprint density at radius 1 is 1.17 bits per heavy atom. The van der Waals surface area contributed by atoms with E-state index in [9.17, 15) is 4.79 Å². The van der Waals surface area contributed by atoms with Gasteiger partial charge in [-0.3, -0.25) is 0 Å². The number of esters is 1. The highest BCUT2D eigenvalue weighted by molar-refractivity contribution is 9.10. The second-order valence-corrected chi connectivity index (χ2v) is 5.19. The zero-order chi connectivity index (χ0) is 13.0. The Balaban J connectivity index is 1.98. The summed E-state index contributed by atoms with van der Waals surface area (Å²) in [5.41, 5.74) is 1.48. The van der Waals surface area contributed by atoms with Crippen molar-refractivity contribution in [1.29, 1.82) is 0 Å². The summed E-state index contributed by atoms with van der Waals surface area (Å²) in [6.45, 7) is 0.265. The van der Waals surface area contributed by atoms with Gasteiger partial charge in [-0.05, 0) is 42.0 Å². The Hall–Kier alpha value is -1.26. The minimum Gasteiger partial charge on any atom is -0.457 e. The predicted molar refractivity (Wildman–Crippen MR) is 77.0 cm³/mol. The van der Waals surface area contributed by atoms with Crippen LogP contribution >= 0.6 is 28.6 Å². The van der Waals surface area contributed by atoms with Crippen molar-refractivity contribution in [3.05, 3.63) is 64.1 Å². The van der Waals surface area contributed by atoms with E-state index in [0.717, 1.165) is 14.9 Å². The van der Waals surface area contributed by atoms with Gasteiger partial charge in [-0.15, -0.1) is 12.6 Å². The molecule has 0 atom stereocenters. The average molecular weight is 323 g/mol. The molecule has 0 unspecified atom stereocenters. The van der Waals surface area contributed by atoms with E-state index in [0.29, 0.717) is 5.56 Å². The molecule has 0 aliphatic heterocycles. The minimum absolute atomic E-state index is 0.265. The van der Waals surface area contributed by atoms with Gasteiger partial charge in [0.05, 0.1) is 5.56 Å². The molecule has 2 rings (SSSR count). The fourth-order valence-electron chi connectivity index (χ4n) is 1.46. The zero-order valence-electron chi connectivity index (χ0n) is 9.47. The molecule has 0 radical (unpaired) electrons. The third kappa shape index (κ3) is 3.62. The second kappa shape index (κ2) is 6.07. The Morgan fingerprint density at radius 2 is 1.89 bits per heavy atom. The van der Waals surface area contributed by atoms with Gasteiger partial charge < -0.3 is 4.74 Å². The number of hydrogen-bond acceptors (Lipinski definition) is 3. The quantitative estimate of drug-likeness (QED) is 0.680. The van der Waals surface area contributed by atoms with Gasteiger partial charge >= 0.3 is 5.97 Å². The van der Waals surface area contributed by atoms with Crippen molar-refractivity contribution in [3.63, 3.8) is 0 Å². The van der Waals surface area contributed by atoms with E-state index in [2.05, 4.69) is 28.6 Å². The lowest BCUT2D eigenvalue weighted by atomic mass is 10.2. The first-order chi connectivity index (χ1) is 8.65. The molecule has 2 aromatic carbocycles. The Kier molecular flexibility index (Phi) is 4.44. The molecule has 0 saturated heterocycles. The first kappa shape index (κ1) is 13.2. The molecule has 0 amide bonds. The van der Waals surface area contributed by atoms with Gasteiger partial charge in [0.25, 0.3) is 0 Å². The van der Waals surface area contributed by atoms with Gasteiger partial charge in [0.2, 0.25) is 0 Å². The molecule has 0 aliphatic rings. The normalized spacial score (nSPS) is 10.1. The van der Waals surface area contributed by atoms with Gasteiger partial charge in [-0.1, -0.05) is 28.1 Å². The maximum absolute atomic E-state index is 11.8. The fraction of sp³-hybridized carbons (Fsp3) is 0.0714. The van der Waals surface area contributed by atoms with Crippen LogP contribution in [0.2, 0.25) is 0 Å². The molecule has 0 N–H and O–H groups in total. The lowest BCUT2D eigenvalue weighted by Crippen LogP contribution is -2.04. The molecule has 0 saturated carbocycles. The van der Waals surface area contributed by atoms with E-state index in [1.165, 1.54) is 0 Å². The van der Waals surface area contributed by atoms with Crippen LogP contribution in [0.25, 0.3) is 0 Å². The number of ether oxygens (including phenoxy) is 1. The molecule has 2 aromatic rings. The van der Waals surface area contributed by atoms with Crippen molar-refractivity contribution in [3.8, 4) is 0 Å². The number of rotatable bonds is 3. The second-order valence-electron chi connectivity index (χ2n) is 3.75. The van der Waals surface area contributed by atoms with Gasteiger partial charge in [-0.2, -0.15) is 0 Å². The Bertz CT molecular complexity index is 552. The number of halogens is 1. The van der Waals surface area contributed by atoms with E-state index in [-0.39, 0.29) is 12.6 Å². The molecule has 4 heteroatoms. The summed E-state index contributed by atoms with van der Waals surface area (Å²) in [6, 6.07) is 14.6. The zero-order valence-corrected chi connectivity index (χ0v) is 11.9. The van der Waals surface area contributed by atoms with Crippen LogP contribution in [0.5, 0.6) is 0 Å². The van der Waals surface area contributed by atoms with Gasteiger partial charge in [0.1, 0.15) is 6.61 Å². The molecule has 0 bridgehead atoms. The SMILES string of the molecule is O=C(OCc1cccc(Br)c1)c1ccc(S)cc1. The molecule has 0 aromatic heterocycles. The van der Waals surface area contributed by atoms with Crippen LogP contribution < -0.4 is 0 Å². The number of carbonyl (C=O) groups is 1. The third-order valence-electron chi connectivity index (χ3n) is 2.36. The van der Waals surface area contributed by atoms with Crippen LogP contribution in [-0.2, 0) is 11.3 Å². The summed E-state index contributed by atoms with van der Waals surface area (Å²) in [4.78, 5) is 12.6. The van der Waals surface area contributed by atoms with Gasteiger partial charge in [0.15, 0.2) is 0 Å². The first-order valence-electron chi connectivity index (χ1n) is 5.36. The molecule has 0 spiro atoms. The molecule has 2 nitrogen and oxygen atoms in total. The highest BCUT2D eigenvalue weighted by atomic mass is 79.9. The van der Waals surface area contributed by atoms with E-state index in [1.54, 1.807) is 24.3 Å². The molecule has 92 valence electrons. The lowest BCUT2D eigenvalue weighted by Gasteiger charge is -2.05. The van der Waals surface area contributed by atoms with Crippen molar-refractivity contribution in [2.24, 2.45) is 0 Å². The summed E-state index contributed by atoms with van der Waals surface area (Å²) in [7, 11) is 0. The van der Waals surface area contributed by atoms with Crippen molar-refractivity contribution in [2.75, 3.05) is 0 Å². The van der Waals surface area contributed by atoms with E-state index in [1.807, 2.05) is 24.3 Å². The first-order valence-corrected chi connectivity index (χ1v) is 6.60. The topological polar surface area (TPSA) is 26.3 Å². The number of benzene rings is 2. The average Bonchev–Trinajstić information content (AvgIpc) is 2.37. The fourth-order valence-corrected chi connectivity index (χ4v) is 2.05. The monoisotopic (exact) mass is 322 g/mol. The third-order valence-corrected chi connectivity index (χ3v) is 3.15. The molecule has 0 aliphatic carbocycles. The van der Waals surface area contributed by atoms with Crippen LogP contribution in [-0.4, -0.2) is 5.97 Å². The van der Waals surface area contributed by atoms with Gasteiger partial charge in [0, 0.05) is 9.37 Å². The Labute approximate surface area is 120 Å². The Morgan fingerprint density at radius 3 is 2.56 bits per heavy atom. The predicted octanol–water partition coefficient (Wildman–Crippen LogP) is 4.09. The van der Waals surface area contributed by atoms with E-state index >= 15 is 0 Å². The van der Waals surface area contributed by atoms with Crippen molar-refractivity contribution in [1.82, 2.24) is 0 Å². The highest BCUT2D eigenvalue weighted by Gasteiger charge is 2.06. The van der Waals surface area contributed by atoms with Crippen molar-refractivity contribution >= 4 is 34.5 Å². The number of hydrogen-bond donors (Lipinski definition) is 1. The van der Waals surface area contributed by atoms with Gasteiger partial charge in [-0.25, -0.2) is 4.79 Å². The van der Waals surface area contributed by atoms with Crippen LogP contribution in [0, 0.1) is 0 Å². The lowest BCUT2D eigenvalue weighted by molar-refractivity contribution is 0.0472. The standard InChI is InChI=1S/C14H11BrO2S/c15-12-3-1-2-10(8-12)9-17-14(16)11-4-6-13(18)7-5-11/h1-8,18H,9H2. The van der Waals surface area contributed by atoms with Crippen LogP contribution in [0.3, 0.4) is 0 Å². The van der Waals surface area contributed by atoms with Crippen LogP contribution in [0.1, 0.15) is 15.9 Å². The summed E-state index contributed by atoms with van der Waals surface area (Å²) in [5, 5.41) is 0. The largest absolute Gasteiger partial charge is 0.457 e. The highest BCUT2D eigenvalue weighted by Crippen LogP contribution is 2.14. The van der Waals surface area contributed by atoms with Crippen LogP contribution in [0.4, 0.5) is 0 Å². The smallest absolute Gasteiger partial charge is 0.338 e. The maximum Gasteiger partial charge on any atom is 0.338 e. The minimum atomic E-state index is -0.330. The number of thiol groups is 1. The molecular weight excluding hydrogens is 312 g/mol. The van der Waals surface area contributed by atoms with E-state index < -0.39 is 0 Å². The molecule has 0 fully saturated rings. The molecule has 0 heterocycles. The number of carbonyl (C=O) groups excluding carboxylic acids is 1. The van der Waals surface area contributed by atoms with Crippen molar-refractivity contribution < 1.29 is 9.53 Å². The molecule has 18 heavy (non-hydrogen) atoms. The molecular formula is C14H11BrO2S. The summed E-state index contributed by atoms with van der Waals surface area (Å²) >= 11 is 7.54. The summed E-state index contributed by atoms with van der Waals surface area (Å²) in [5.74, 6) is -0.330. The van der Waals surface area contributed by atoms with Crippen LogP contribution in [0.15, 0.2) is 57.9 Å². The maximum atomic E-state index is 11.8.